The lowest BCUT2D eigenvalue weighted by Gasteiger charge is -2.25. The van der Waals surface area contributed by atoms with Gasteiger partial charge in [0.2, 0.25) is 35.4 Å². The summed E-state index contributed by atoms with van der Waals surface area (Å²) in [5.41, 5.74) is 32.2. The summed E-state index contributed by atoms with van der Waals surface area (Å²) in [6.07, 6.45) is 3.21. The van der Waals surface area contributed by atoms with Crippen LogP contribution in [-0.4, -0.2) is 154 Å². The molecule has 4 rings (SSSR count). The number of H-pyrrole nitrogens is 1. The van der Waals surface area contributed by atoms with E-state index in [4.69, 9.17) is 30.1 Å². The molecule has 3 aromatic carbocycles. The van der Waals surface area contributed by atoms with Gasteiger partial charge < -0.3 is 86.6 Å². The van der Waals surface area contributed by atoms with Crippen LogP contribution >= 0.6 is 0 Å². The van der Waals surface area contributed by atoms with Crippen molar-refractivity contribution in [2.75, 3.05) is 26.2 Å². The highest BCUT2D eigenvalue weighted by Gasteiger charge is 2.33. The van der Waals surface area contributed by atoms with E-state index >= 15 is 0 Å². The Morgan fingerprint density at radius 3 is 1.62 bits per heavy atom. The van der Waals surface area contributed by atoms with Gasteiger partial charge in [0.05, 0.1) is 19.1 Å². The second-order valence-corrected chi connectivity index (χ2v) is 18.8. The number of aromatic nitrogens is 1. The van der Waals surface area contributed by atoms with Crippen molar-refractivity contribution in [3.63, 3.8) is 0 Å². The first-order chi connectivity index (χ1) is 39.1. The van der Waals surface area contributed by atoms with Crippen LogP contribution in [0.25, 0.3) is 10.9 Å². The number of Topliss-reactive ketones (excluding diaryl/α,β-unsaturated/α-hetero) is 1. The van der Waals surface area contributed by atoms with E-state index in [1.807, 2.05) is 54.6 Å². The summed E-state index contributed by atoms with van der Waals surface area (Å²) in [5.74, 6) is -7.57. The van der Waals surface area contributed by atoms with Gasteiger partial charge in [-0.15, -0.1) is 0 Å². The van der Waals surface area contributed by atoms with Gasteiger partial charge in [-0.05, 0) is 80.7 Å². The van der Waals surface area contributed by atoms with E-state index in [0.717, 1.165) is 22.0 Å². The van der Waals surface area contributed by atoms with Crippen LogP contribution in [0.1, 0.15) is 75.0 Å². The second kappa shape index (κ2) is 35.5. The molecule has 0 radical (unpaired) electrons. The Balaban J connectivity index is 0.000000450. The topological polar surface area (TPSA) is 483 Å². The zero-order valence-corrected chi connectivity index (χ0v) is 45.1. The van der Waals surface area contributed by atoms with Crippen molar-refractivity contribution in [3.8, 4) is 0 Å². The second-order valence-electron chi connectivity index (χ2n) is 18.8. The third-order valence-corrected chi connectivity index (χ3v) is 12.2. The lowest BCUT2D eigenvalue weighted by atomic mass is 10.0. The highest BCUT2D eigenvalue weighted by Crippen LogP contribution is 2.20. The third-order valence-electron chi connectivity index (χ3n) is 12.2. The number of carboxylic acid groups (broad SMARTS) is 2. The molecule has 0 bridgehead atoms. The number of aliphatic hydroxyl groups excluding tert-OH is 1. The van der Waals surface area contributed by atoms with E-state index in [0.29, 0.717) is 37.8 Å². The summed E-state index contributed by atoms with van der Waals surface area (Å²) >= 11 is 0. The fourth-order valence-corrected chi connectivity index (χ4v) is 8.11. The summed E-state index contributed by atoms with van der Waals surface area (Å²) in [4.78, 5) is 124. The van der Waals surface area contributed by atoms with E-state index in [9.17, 15) is 58.5 Å². The molecule has 6 amide bonds. The number of rotatable bonds is 35. The van der Waals surface area contributed by atoms with Crippen LogP contribution in [-0.2, 0) is 62.4 Å². The average Bonchev–Trinajstić information content (AvgIpc) is 4.10. The van der Waals surface area contributed by atoms with Crippen molar-refractivity contribution in [1.82, 2.24) is 36.9 Å². The SMILES string of the molecule is CC(=O)N[C@@H](CCCN=C(N)N)C(=O)N[C@@H](CC(=O)O)C(=O)N[C@@H](CO)C(=O)Cc1ccccc1.[2H]NC(Cc1ccccc1)C(=O)N[C@@H](CCCN=C(N)N)C(=O)NC(Cc1c[nH]c2ccccc12)C(=O)N[C@@H](CCCCN)C(=O)O. The molecular weight excluding hydrogens is 1050 g/mol. The monoisotopic (exact) mass is 1130 g/mol. The smallest absolute Gasteiger partial charge is 0.326 e. The quantitative estimate of drug-likeness (QED) is 0.0132. The molecule has 22 N–H and O–H groups in total. The molecule has 0 spiro atoms. The Morgan fingerprint density at radius 1 is 0.580 bits per heavy atom. The number of aliphatic hydroxyl groups is 1. The summed E-state index contributed by atoms with van der Waals surface area (Å²) < 4.78 is 7.74. The minimum Gasteiger partial charge on any atom is -0.481 e. The number of para-hydroxylation sites is 1. The van der Waals surface area contributed by atoms with E-state index < -0.39 is 108 Å². The molecule has 440 valence electrons. The maximum Gasteiger partial charge on any atom is 0.326 e. The number of nitrogens with zero attached hydrogens (tertiary/aromatic N) is 2. The first-order valence-corrected chi connectivity index (χ1v) is 26.1. The molecule has 2 unspecified atom stereocenters. The number of benzene rings is 3. The standard InChI is InChI=1S/C32H45N9O5.C22H32N6O7/c33-15-7-6-13-26(31(45)46)40-30(44)27(18-21-19-38-24-12-5-4-11-22(21)24)41-29(43)25(14-8-16-37-32(35)36)39-28(42)23(34)17-20-9-2-1-3-10-20;1-13(30)26-15(8-5-9-25-22(23)24)20(34)27-16(11-19(32)33)21(35)28-17(12-29)18(31)10-14-6-3-2-4-7-14/h1-5,9-12,19,23,25-27,38H,6-8,13-18,33-34H2,(H,39,42)(H,40,44)(H,41,43)(H,45,46)(H4,35,36,37);2-4,6-7,15-17,29H,5,8-12H2,1H3,(H,26,30)(H,27,34)(H,28,35)(H,32,33)(H4,23,24,25)/t23?,25-,26-,27?;15-,16-,17-/m00/s1/i/hD. The number of fused-ring (bicyclic) bond motifs is 1. The number of aliphatic carboxylic acids is 2. The third kappa shape index (κ3) is 25.2. The summed E-state index contributed by atoms with van der Waals surface area (Å²) in [7, 11) is 0. The zero-order chi connectivity index (χ0) is 60.6. The van der Waals surface area contributed by atoms with Gasteiger partial charge in [0.25, 0.3) is 0 Å². The van der Waals surface area contributed by atoms with Gasteiger partial charge in [-0.1, -0.05) is 78.9 Å². The number of amides is 6. The number of ketones is 1. The number of carbonyl (C=O) groups is 9. The number of unbranched alkanes of at least 4 members (excludes halogenated alkanes) is 1. The summed E-state index contributed by atoms with van der Waals surface area (Å²) in [5, 5.41) is 44.5. The highest BCUT2D eigenvalue weighted by atomic mass is 16.4. The Bertz CT molecular complexity index is 2780. The highest BCUT2D eigenvalue weighted by molar-refractivity contribution is 5.97. The number of nitrogens with one attached hydrogen (secondary N) is 7. The number of hydrogen-bond acceptors (Lipinski definition) is 14. The van der Waals surface area contributed by atoms with Crippen molar-refractivity contribution >= 4 is 76.0 Å². The molecular formula is C54H77N15O12. The van der Waals surface area contributed by atoms with E-state index in [-0.39, 0.29) is 63.5 Å². The van der Waals surface area contributed by atoms with Gasteiger partial charge in [-0.3, -0.25) is 48.3 Å². The molecule has 1 heterocycles. The van der Waals surface area contributed by atoms with Crippen LogP contribution in [0.2, 0.25) is 1.41 Å². The number of carboxylic acids is 2. The average molecular weight is 1130 g/mol. The first-order valence-electron chi connectivity index (χ1n) is 26.6. The van der Waals surface area contributed by atoms with Crippen LogP contribution in [0.5, 0.6) is 0 Å². The minimum atomic E-state index is -1.56. The summed E-state index contributed by atoms with van der Waals surface area (Å²) in [6, 6.07) is 16.8. The molecule has 7 atom stereocenters. The minimum absolute atomic E-state index is 0.0380. The number of aliphatic imine (C=N–C) groups is 2. The van der Waals surface area contributed by atoms with Crippen LogP contribution in [0.3, 0.4) is 0 Å². The maximum absolute atomic E-state index is 13.8. The maximum atomic E-state index is 13.8. The van der Waals surface area contributed by atoms with Crippen LogP contribution in [0.15, 0.2) is 101 Å². The molecule has 0 saturated carbocycles. The molecule has 0 fully saturated rings. The van der Waals surface area contributed by atoms with Crippen LogP contribution < -0.4 is 66.3 Å². The van der Waals surface area contributed by atoms with Crippen molar-refractivity contribution < 1.29 is 59.9 Å². The first kappa shape index (κ1) is 64.6. The summed E-state index contributed by atoms with van der Waals surface area (Å²) in [6.45, 7) is 1.24. The molecule has 27 nitrogen and oxygen atoms in total. The van der Waals surface area contributed by atoms with Gasteiger partial charge in [-0.25, -0.2) is 4.79 Å². The largest absolute Gasteiger partial charge is 0.481 e. The van der Waals surface area contributed by atoms with Gasteiger partial charge in [0.15, 0.2) is 17.7 Å². The van der Waals surface area contributed by atoms with Crippen molar-refractivity contribution in [1.29, 1.82) is 0 Å². The molecule has 0 aliphatic carbocycles. The Hall–Kier alpha value is -8.95. The normalized spacial score (nSPS) is 13.5. The van der Waals surface area contributed by atoms with Gasteiger partial charge in [0.1, 0.15) is 37.7 Å². The Labute approximate surface area is 469 Å². The molecule has 4 aromatic rings. The van der Waals surface area contributed by atoms with Gasteiger partial charge in [-0.2, -0.15) is 0 Å². The van der Waals surface area contributed by atoms with Crippen molar-refractivity contribution in [2.45, 2.75) is 120 Å². The lowest BCUT2D eigenvalue weighted by Crippen LogP contribution is -2.57. The van der Waals surface area contributed by atoms with Crippen LogP contribution in [0, 0.1) is 0 Å². The van der Waals surface area contributed by atoms with Gasteiger partial charge in [0, 0.05) is 50.0 Å². The van der Waals surface area contributed by atoms with E-state index in [1.54, 1.807) is 36.5 Å². The van der Waals surface area contributed by atoms with Crippen molar-refractivity contribution in [3.05, 3.63) is 108 Å². The van der Waals surface area contributed by atoms with Gasteiger partial charge >= 0.3 is 11.9 Å². The zero-order valence-electron chi connectivity index (χ0n) is 46.1. The van der Waals surface area contributed by atoms with Crippen molar-refractivity contribution in [2.24, 2.45) is 44.4 Å². The molecule has 0 aliphatic heterocycles. The molecule has 0 saturated heterocycles. The molecule has 81 heavy (non-hydrogen) atoms. The predicted molar refractivity (Wildman–Crippen MR) is 302 cm³/mol. The number of guanidine groups is 2. The number of hydrogen-bond donors (Lipinski definition) is 16. The Kier molecular flexibility index (Phi) is 28.3. The van der Waals surface area contributed by atoms with E-state index in [1.165, 1.54) is 6.92 Å². The molecule has 0 aliphatic rings. The molecule has 1 aromatic heterocycles. The predicted octanol–water partition coefficient (Wildman–Crippen LogP) is -2.20. The number of nitrogens with two attached hydrogens (primary N) is 6. The number of aromatic amines is 1. The number of carbonyl (C=O) groups excluding carboxylic acids is 7. The van der Waals surface area contributed by atoms with E-state index in [2.05, 4.69) is 52.6 Å². The lowest BCUT2D eigenvalue weighted by molar-refractivity contribution is -0.142. The fourth-order valence-electron chi connectivity index (χ4n) is 8.11. The molecule has 27 heteroatoms. The Morgan fingerprint density at radius 2 is 1.07 bits per heavy atom. The fraction of sp³-hybridized carbons (Fsp3) is 0.426. The van der Waals surface area contributed by atoms with Crippen LogP contribution in [0.4, 0.5) is 0 Å².